The molecule has 25 heavy (non-hydrogen) atoms. The van der Waals surface area contributed by atoms with Crippen LogP contribution < -0.4 is 5.32 Å². The van der Waals surface area contributed by atoms with E-state index in [1.54, 1.807) is 24.0 Å². The van der Waals surface area contributed by atoms with E-state index in [0.29, 0.717) is 12.2 Å². The van der Waals surface area contributed by atoms with Crippen LogP contribution in [0.3, 0.4) is 0 Å². The molecule has 2 heterocycles. The summed E-state index contributed by atoms with van der Waals surface area (Å²) >= 11 is 0. The molecule has 8 heteroatoms. The summed E-state index contributed by atoms with van der Waals surface area (Å²) in [5.41, 5.74) is 1.71. The van der Waals surface area contributed by atoms with Crippen molar-refractivity contribution in [2.45, 2.75) is 19.5 Å². The number of carbonyl (C=O) groups is 2. The van der Waals surface area contributed by atoms with Crippen molar-refractivity contribution in [2.75, 3.05) is 5.32 Å². The highest BCUT2D eigenvalue weighted by Crippen LogP contribution is 2.13. The van der Waals surface area contributed by atoms with Gasteiger partial charge in [-0.1, -0.05) is 30.3 Å². The molecule has 3 rings (SSSR count). The molecule has 0 saturated heterocycles. The Morgan fingerprint density at radius 2 is 1.92 bits per heavy atom. The first kappa shape index (κ1) is 16.4. The number of carbonyl (C=O) groups excluding carboxylic acids is 1. The Labute approximate surface area is 143 Å². The maximum atomic E-state index is 12.3. The fourth-order valence-corrected chi connectivity index (χ4v) is 2.31. The molecule has 0 aliphatic rings. The molecule has 1 aromatic carbocycles. The minimum atomic E-state index is -1.08. The fourth-order valence-electron chi connectivity index (χ4n) is 2.31. The van der Waals surface area contributed by atoms with Crippen LogP contribution in [0, 0.1) is 0 Å². The lowest BCUT2D eigenvalue weighted by Crippen LogP contribution is -2.23. The maximum Gasteiger partial charge on any atom is 0.338 e. The lowest BCUT2D eigenvalue weighted by atomic mass is 10.2. The van der Waals surface area contributed by atoms with Gasteiger partial charge in [0.1, 0.15) is 6.04 Å². The summed E-state index contributed by atoms with van der Waals surface area (Å²) in [7, 11) is 0. The van der Waals surface area contributed by atoms with E-state index in [4.69, 9.17) is 5.11 Å². The Balaban J connectivity index is 1.63. The molecule has 2 aromatic heterocycles. The number of nitrogens with one attached hydrogen (secondary N) is 1. The largest absolute Gasteiger partial charge is 0.478 e. The average molecular weight is 339 g/mol. The van der Waals surface area contributed by atoms with Crippen LogP contribution in [0.1, 0.15) is 28.9 Å². The Hall–Kier alpha value is -3.42. The molecule has 8 nitrogen and oxygen atoms in total. The van der Waals surface area contributed by atoms with Crippen LogP contribution in [0.4, 0.5) is 5.69 Å². The van der Waals surface area contributed by atoms with E-state index in [-0.39, 0.29) is 11.5 Å². The predicted molar refractivity (Wildman–Crippen MR) is 90.3 cm³/mol. The molecule has 0 aliphatic heterocycles. The first-order valence-electron chi connectivity index (χ1n) is 7.67. The summed E-state index contributed by atoms with van der Waals surface area (Å²) in [6.45, 7) is 2.25. The van der Waals surface area contributed by atoms with E-state index in [9.17, 15) is 9.59 Å². The molecule has 0 fully saturated rings. The van der Waals surface area contributed by atoms with Crippen LogP contribution in [-0.4, -0.2) is 36.5 Å². The van der Waals surface area contributed by atoms with E-state index in [0.717, 1.165) is 5.56 Å². The lowest BCUT2D eigenvalue weighted by molar-refractivity contribution is -0.119. The second kappa shape index (κ2) is 7.00. The number of aromatic carboxylic acids is 1. The average Bonchev–Trinajstić information content (AvgIpc) is 3.25. The Bertz CT molecular complexity index is 885. The van der Waals surface area contributed by atoms with E-state index in [2.05, 4.69) is 15.5 Å². The lowest BCUT2D eigenvalue weighted by Gasteiger charge is -2.11. The first-order chi connectivity index (χ1) is 12.0. The summed E-state index contributed by atoms with van der Waals surface area (Å²) in [5.74, 6) is -1.39. The number of hydrogen-bond acceptors (Lipinski definition) is 4. The molecule has 1 atom stereocenters. The molecule has 3 aromatic rings. The highest BCUT2D eigenvalue weighted by Gasteiger charge is 2.18. The molecule has 1 unspecified atom stereocenters. The molecule has 0 aliphatic carbocycles. The Morgan fingerprint density at radius 3 is 2.60 bits per heavy atom. The zero-order valence-corrected chi connectivity index (χ0v) is 13.5. The molecular weight excluding hydrogens is 322 g/mol. The van der Waals surface area contributed by atoms with Crippen molar-refractivity contribution in [1.82, 2.24) is 19.6 Å². The van der Waals surface area contributed by atoms with Gasteiger partial charge in [-0.3, -0.25) is 14.2 Å². The Morgan fingerprint density at radius 1 is 1.16 bits per heavy atom. The second-order valence-corrected chi connectivity index (χ2v) is 5.59. The highest BCUT2D eigenvalue weighted by molar-refractivity contribution is 5.93. The molecule has 128 valence electrons. The van der Waals surface area contributed by atoms with Crippen LogP contribution in [0.25, 0.3) is 0 Å². The van der Waals surface area contributed by atoms with Crippen molar-refractivity contribution in [2.24, 2.45) is 0 Å². The predicted octanol–water partition coefficient (Wildman–Crippen LogP) is 2.03. The van der Waals surface area contributed by atoms with Gasteiger partial charge in [-0.25, -0.2) is 4.79 Å². The number of carboxylic acid groups (broad SMARTS) is 1. The van der Waals surface area contributed by atoms with E-state index in [1.807, 2.05) is 30.3 Å². The number of nitrogens with zero attached hydrogens (tertiary/aromatic N) is 4. The summed E-state index contributed by atoms with van der Waals surface area (Å²) in [6.07, 6.45) is 5.85. The van der Waals surface area contributed by atoms with Gasteiger partial charge in [-0.15, -0.1) is 0 Å². The van der Waals surface area contributed by atoms with Crippen LogP contribution in [0.15, 0.2) is 55.1 Å². The monoisotopic (exact) mass is 339 g/mol. The molecule has 1 amide bonds. The third-order valence-corrected chi connectivity index (χ3v) is 3.71. The van der Waals surface area contributed by atoms with Crippen LogP contribution in [0.5, 0.6) is 0 Å². The van der Waals surface area contributed by atoms with Crippen molar-refractivity contribution in [3.05, 3.63) is 66.2 Å². The zero-order valence-electron chi connectivity index (χ0n) is 13.5. The van der Waals surface area contributed by atoms with Gasteiger partial charge < -0.3 is 10.4 Å². The summed E-state index contributed by atoms with van der Waals surface area (Å²) in [6, 6.07) is 9.22. The van der Waals surface area contributed by atoms with Crippen LogP contribution >= 0.6 is 0 Å². The summed E-state index contributed by atoms with van der Waals surface area (Å²) < 4.78 is 3.04. The standard InChI is InChI=1S/C17H17N5O3/c1-12(22-10-14(7-19-22)17(24)25)16(23)20-15-8-18-21(11-15)9-13-5-3-2-4-6-13/h2-8,10-12H,9H2,1H3,(H,20,23)(H,24,25). The second-order valence-electron chi connectivity index (χ2n) is 5.59. The summed E-state index contributed by atoms with van der Waals surface area (Å²) in [4.78, 5) is 23.2. The fraction of sp³-hybridized carbons (Fsp3) is 0.176. The molecule has 0 spiro atoms. The summed E-state index contributed by atoms with van der Waals surface area (Å²) in [5, 5.41) is 19.8. The van der Waals surface area contributed by atoms with Crippen molar-refractivity contribution in [3.8, 4) is 0 Å². The topological polar surface area (TPSA) is 102 Å². The first-order valence-corrected chi connectivity index (χ1v) is 7.67. The number of anilines is 1. The van der Waals surface area contributed by atoms with Gasteiger partial charge >= 0.3 is 5.97 Å². The maximum absolute atomic E-state index is 12.3. The SMILES string of the molecule is CC(C(=O)Nc1cnn(Cc2ccccc2)c1)n1cc(C(=O)O)cn1. The van der Waals surface area contributed by atoms with Crippen LogP contribution in [-0.2, 0) is 11.3 Å². The number of aromatic nitrogens is 4. The molecule has 2 N–H and O–H groups in total. The molecular formula is C17H17N5O3. The number of amides is 1. The minimum Gasteiger partial charge on any atom is -0.478 e. The Kier molecular flexibility index (Phi) is 4.60. The zero-order chi connectivity index (χ0) is 17.8. The van der Waals surface area contributed by atoms with E-state index >= 15 is 0 Å². The normalized spacial score (nSPS) is 11.9. The van der Waals surface area contributed by atoms with Gasteiger partial charge in [0.15, 0.2) is 0 Å². The van der Waals surface area contributed by atoms with Crippen molar-refractivity contribution in [1.29, 1.82) is 0 Å². The van der Waals surface area contributed by atoms with Gasteiger partial charge in [0.25, 0.3) is 0 Å². The molecule has 0 bridgehead atoms. The smallest absolute Gasteiger partial charge is 0.338 e. The number of carboxylic acids is 1. The van der Waals surface area contributed by atoms with Crippen molar-refractivity contribution >= 4 is 17.6 Å². The molecule has 0 radical (unpaired) electrons. The van der Waals surface area contributed by atoms with E-state index in [1.165, 1.54) is 17.1 Å². The van der Waals surface area contributed by atoms with Gasteiger partial charge in [0.2, 0.25) is 5.91 Å². The minimum absolute atomic E-state index is 0.0373. The number of hydrogen-bond donors (Lipinski definition) is 2. The van der Waals surface area contributed by atoms with Crippen molar-refractivity contribution < 1.29 is 14.7 Å². The number of rotatable bonds is 6. The quantitative estimate of drug-likeness (QED) is 0.715. The van der Waals surface area contributed by atoms with Crippen molar-refractivity contribution in [3.63, 3.8) is 0 Å². The van der Waals surface area contributed by atoms with Crippen LogP contribution in [0.2, 0.25) is 0 Å². The van der Waals surface area contributed by atoms with Gasteiger partial charge in [-0.2, -0.15) is 10.2 Å². The number of benzene rings is 1. The van der Waals surface area contributed by atoms with E-state index < -0.39 is 12.0 Å². The highest BCUT2D eigenvalue weighted by atomic mass is 16.4. The van der Waals surface area contributed by atoms with Gasteiger partial charge in [0, 0.05) is 12.4 Å². The third-order valence-electron chi connectivity index (χ3n) is 3.71. The van der Waals surface area contributed by atoms with Gasteiger partial charge in [0.05, 0.1) is 30.2 Å². The third kappa shape index (κ3) is 3.92. The van der Waals surface area contributed by atoms with Gasteiger partial charge in [-0.05, 0) is 12.5 Å². The molecule has 0 saturated carbocycles.